The lowest BCUT2D eigenvalue weighted by atomic mass is 9.90. The van der Waals surface area contributed by atoms with E-state index in [1.807, 2.05) is 18.2 Å². The molecule has 5 nitrogen and oxygen atoms in total. The Morgan fingerprint density at radius 3 is 2.56 bits per heavy atom. The Labute approximate surface area is 147 Å². The number of rotatable bonds is 4. The molecule has 0 saturated carbocycles. The van der Waals surface area contributed by atoms with E-state index >= 15 is 0 Å². The van der Waals surface area contributed by atoms with Gasteiger partial charge in [-0.25, -0.2) is 5.43 Å². The van der Waals surface area contributed by atoms with Crippen molar-refractivity contribution in [3.63, 3.8) is 0 Å². The molecule has 1 aliphatic rings. The van der Waals surface area contributed by atoms with Crippen LogP contribution in [0.25, 0.3) is 0 Å². The summed E-state index contributed by atoms with van der Waals surface area (Å²) in [6.07, 6.45) is 3.37. The van der Waals surface area contributed by atoms with Crippen LogP contribution in [0.3, 0.4) is 0 Å². The number of hydrazone groups is 1. The number of fused-ring (bicyclic) bond motifs is 1. The average Bonchev–Trinajstić information content (AvgIpc) is 2.66. The third kappa shape index (κ3) is 4.12. The molecule has 0 aromatic heterocycles. The predicted octanol–water partition coefficient (Wildman–Crippen LogP) is 3.51. The summed E-state index contributed by atoms with van der Waals surface area (Å²) >= 11 is 0. The van der Waals surface area contributed by atoms with Gasteiger partial charge in [-0.3, -0.25) is 9.59 Å². The SMILES string of the molecule is CCC(=O)Nc1ccc(C(=O)N/N=C2\CCCc3ccccc32)cc1. The molecule has 0 unspecified atom stereocenters. The predicted molar refractivity (Wildman–Crippen MR) is 98.7 cm³/mol. The van der Waals surface area contributed by atoms with Crippen LogP contribution in [0.5, 0.6) is 0 Å². The van der Waals surface area contributed by atoms with E-state index in [-0.39, 0.29) is 11.8 Å². The molecule has 2 N–H and O–H groups in total. The number of nitrogens with one attached hydrogen (secondary N) is 2. The maximum absolute atomic E-state index is 12.3. The number of hydrogen-bond donors (Lipinski definition) is 2. The Hall–Kier alpha value is -2.95. The quantitative estimate of drug-likeness (QED) is 0.840. The lowest BCUT2D eigenvalue weighted by Gasteiger charge is -2.17. The summed E-state index contributed by atoms with van der Waals surface area (Å²) in [5, 5.41) is 7.09. The molecule has 0 atom stereocenters. The molecule has 25 heavy (non-hydrogen) atoms. The van der Waals surface area contributed by atoms with Crippen LogP contribution in [0.1, 0.15) is 47.7 Å². The Bertz CT molecular complexity index is 810. The molecular weight excluding hydrogens is 314 g/mol. The summed E-state index contributed by atoms with van der Waals surface area (Å²) in [6, 6.07) is 15.0. The monoisotopic (exact) mass is 335 g/mol. The van der Waals surface area contributed by atoms with Crippen molar-refractivity contribution in [2.45, 2.75) is 32.6 Å². The molecule has 0 radical (unpaired) electrons. The van der Waals surface area contributed by atoms with Gasteiger partial charge in [0.2, 0.25) is 5.91 Å². The molecule has 2 amide bonds. The second kappa shape index (κ2) is 7.75. The molecule has 0 bridgehead atoms. The number of hydrogen-bond acceptors (Lipinski definition) is 3. The van der Waals surface area contributed by atoms with E-state index in [2.05, 4.69) is 21.9 Å². The summed E-state index contributed by atoms with van der Waals surface area (Å²) in [5.41, 5.74) is 7.13. The number of aryl methyl sites for hydroxylation is 1. The van der Waals surface area contributed by atoms with Gasteiger partial charge in [-0.15, -0.1) is 0 Å². The summed E-state index contributed by atoms with van der Waals surface area (Å²) in [4.78, 5) is 23.7. The van der Waals surface area contributed by atoms with Crippen LogP contribution in [0, 0.1) is 0 Å². The summed E-state index contributed by atoms with van der Waals surface area (Å²) in [6.45, 7) is 1.79. The molecule has 0 heterocycles. The normalized spacial score (nSPS) is 14.7. The number of nitrogens with zero attached hydrogens (tertiary/aromatic N) is 1. The maximum atomic E-state index is 12.3. The molecule has 128 valence electrons. The number of benzene rings is 2. The van der Waals surface area contributed by atoms with Gasteiger partial charge in [0.25, 0.3) is 5.91 Å². The number of carbonyl (C=O) groups excluding carboxylic acids is 2. The van der Waals surface area contributed by atoms with Crippen LogP contribution in [0.15, 0.2) is 53.6 Å². The van der Waals surface area contributed by atoms with Crippen LogP contribution in [-0.2, 0) is 11.2 Å². The molecule has 5 heteroatoms. The van der Waals surface area contributed by atoms with Crippen LogP contribution in [0.2, 0.25) is 0 Å². The summed E-state index contributed by atoms with van der Waals surface area (Å²) in [7, 11) is 0. The summed E-state index contributed by atoms with van der Waals surface area (Å²) < 4.78 is 0. The van der Waals surface area contributed by atoms with Crippen LogP contribution in [0.4, 0.5) is 5.69 Å². The zero-order valence-electron chi connectivity index (χ0n) is 14.2. The third-order valence-corrected chi connectivity index (χ3v) is 4.23. The Morgan fingerprint density at radius 1 is 1.04 bits per heavy atom. The van der Waals surface area contributed by atoms with E-state index in [9.17, 15) is 9.59 Å². The van der Waals surface area contributed by atoms with Crippen molar-refractivity contribution >= 4 is 23.2 Å². The van der Waals surface area contributed by atoms with Gasteiger partial charge in [0, 0.05) is 23.2 Å². The molecule has 2 aromatic carbocycles. The van der Waals surface area contributed by atoms with Gasteiger partial charge >= 0.3 is 0 Å². The minimum Gasteiger partial charge on any atom is -0.326 e. The first-order valence-corrected chi connectivity index (χ1v) is 8.52. The molecule has 3 rings (SSSR count). The van der Waals surface area contributed by atoms with Crippen molar-refractivity contribution in [3.8, 4) is 0 Å². The smallest absolute Gasteiger partial charge is 0.271 e. The van der Waals surface area contributed by atoms with Gasteiger partial charge in [-0.2, -0.15) is 5.10 Å². The molecule has 2 aromatic rings. The largest absolute Gasteiger partial charge is 0.326 e. The van der Waals surface area contributed by atoms with Crippen molar-refractivity contribution in [1.82, 2.24) is 5.43 Å². The van der Waals surface area contributed by atoms with Crippen LogP contribution < -0.4 is 10.7 Å². The van der Waals surface area contributed by atoms with Gasteiger partial charge in [0.15, 0.2) is 0 Å². The highest BCUT2D eigenvalue weighted by Crippen LogP contribution is 2.21. The van der Waals surface area contributed by atoms with Crippen LogP contribution in [-0.4, -0.2) is 17.5 Å². The highest BCUT2D eigenvalue weighted by atomic mass is 16.2. The van der Waals surface area contributed by atoms with Crippen molar-refractivity contribution in [1.29, 1.82) is 0 Å². The van der Waals surface area contributed by atoms with E-state index < -0.39 is 0 Å². The second-order valence-electron chi connectivity index (χ2n) is 5.99. The van der Waals surface area contributed by atoms with Gasteiger partial charge < -0.3 is 5.32 Å². The molecule has 1 aliphatic carbocycles. The molecule has 0 fully saturated rings. The van der Waals surface area contributed by atoms with E-state index in [1.165, 1.54) is 5.56 Å². The zero-order chi connectivity index (χ0) is 17.6. The molecule has 0 saturated heterocycles. The Kier molecular flexibility index (Phi) is 5.23. The fourth-order valence-electron chi connectivity index (χ4n) is 2.85. The van der Waals surface area contributed by atoms with Crippen molar-refractivity contribution in [2.24, 2.45) is 5.10 Å². The first-order chi connectivity index (χ1) is 12.2. The highest BCUT2D eigenvalue weighted by Gasteiger charge is 2.15. The molecule has 0 aliphatic heterocycles. The standard InChI is InChI=1S/C20H21N3O2/c1-2-19(24)21-16-12-10-15(11-13-16)20(25)23-22-18-9-5-7-14-6-3-4-8-17(14)18/h3-4,6,8,10-13H,2,5,7,9H2,1H3,(H,21,24)(H,23,25)/b22-18+. The van der Waals surface area contributed by atoms with E-state index in [0.29, 0.717) is 17.7 Å². The fourth-order valence-corrected chi connectivity index (χ4v) is 2.85. The molecule has 0 spiro atoms. The van der Waals surface area contributed by atoms with Gasteiger partial charge in [0.1, 0.15) is 0 Å². The van der Waals surface area contributed by atoms with Crippen molar-refractivity contribution in [3.05, 3.63) is 65.2 Å². The zero-order valence-corrected chi connectivity index (χ0v) is 14.2. The van der Waals surface area contributed by atoms with E-state index in [1.54, 1.807) is 31.2 Å². The molecular formula is C20H21N3O2. The minimum absolute atomic E-state index is 0.0560. The first kappa shape index (κ1) is 16.9. The lowest BCUT2D eigenvalue weighted by molar-refractivity contribution is -0.115. The third-order valence-electron chi connectivity index (χ3n) is 4.23. The van der Waals surface area contributed by atoms with Crippen molar-refractivity contribution < 1.29 is 9.59 Å². The van der Waals surface area contributed by atoms with E-state index in [4.69, 9.17) is 0 Å². The number of amides is 2. The minimum atomic E-state index is -0.260. The van der Waals surface area contributed by atoms with Crippen LogP contribution >= 0.6 is 0 Å². The fraction of sp³-hybridized carbons (Fsp3) is 0.250. The maximum Gasteiger partial charge on any atom is 0.271 e. The van der Waals surface area contributed by atoms with E-state index in [0.717, 1.165) is 30.5 Å². The lowest BCUT2D eigenvalue weighted by Crippen LogP contribution is -2.22. The number of anilines is 1. The average molecular weight is 335 g/mol. The van der Waals surface area contributed by atoms with Gasteiger partial charge in [0.05, 0.1) is 5.71 Å². The van der Waals surface area contributed by atoms with Crippen molar-refractivity contribution in [2.75, 3.05) is 5.32 Å². The first-order valence-electron chi connectivity index (χ1n) is 8.52. The Morgan fingerprint density at radius 2 is 1.80 bits per heavy atom. The topological polar surface area (TPSA) is 70.6 Å². The highest BCUT2D eigenvalue weighted by molar-refractivity contribution is 6.04. The second-order valence-corrected chi connectivity index (χ2v) is 5.99. The van der Waals surface area contributed by atoms with Gasteiger partial charge in [-0.05, 0) is 49.1 Å². The van der Waals surface area contributed by atoms with Gasteiger partial charge in [-0.1, -0.05) is 31.2 Å². The number of carbonyl (C=O) groups is 2. The Balaban J connectivity index is 1.68. The summed E-state index contributed by atoms with van der Waals surface area (Å²) in [5.74, 6) is -0.316.